The van der Waals surface area contributed by atoms with Gasteiger partial charge in [0.05, 0.1) is 0 Å². The minimum absolute atomic E-state index is 0.0670. The van der Waals surface area contributed by atoms with Gasteiger partial charge in [-0.25, -0.2) is 4.79 Å². The van der Waals surface area contributed by atoms with E-state index < -0.39 is 5.63 Å². The van der Waals surface area contributed by atoms with Gasteiger partial charge in [0.25, 0.3) is 5.91 Å². The van der Waals surface area contributed by atoms with Crippen LogP contribution in [0.15, 0.2) is 58.8 Å². The molecule has 4 heteroatoms. The summed E-state index contributed by atoms with van der Waals surface area (Å²) in [5.41, 5.74) is 0.562. The third-order valence-corrected chi connectivity index (χ3v) is 3.27. The first-order valence-corrected chi connectivity index (χ1v) is 6.63. The zero-order valence-corrected chi connectivity index (χ0v) is 12.0. The zero-order chi connectivity index (χ0) is 15.4. The monoisotopic (exact) mass is 283 g/mol. The minimum Gasteiger partial charge on any atom is -0.422 e. The molecule has 108 valence electrons. The maximum atomic E-state index is 12.6. The number of hydrogen-bond acceptors (Lipinski definition) is 3. The van der Waals surface area contributed by atoms with Crippen molar-refractivity contribution >= 4 is 16.9 Å². The fraction of sp³-hybridized carbons (Fsp3) is 0.176. The van der Waals surface area contributed by atoms with Crippen LogP contribution in [0.5, 0.6) is 0 Å². The number of para-hydroxylation sites is 1. The van der Waals surface area contributed by atoms with Gasteiger partial charge in [-0.15, -0.1) is 13.2 Å². The Bertz CT molecular complexity index is 748. The van der Waals surface area contributed by atoms with Gasteiger partial charge in [-0.05, 0) is 18.6 Å². The predicted octanol–water partition coefficient (Wildman–Crippen LogP) is 2.92. The second kappa shape index (κ2) is 6.22. The highest BCUT2D eigenvalue weighted by Gasteiger charge is 2.22. The summed E-state index contributed by atoms with van der Waals surface area (Å²) in [5.74, 6) is -0.369. The molecule has 1 aromatic heterocycles. The molecule has 0 aliphatic heterocycles. The summed E-state index contributed by atoms with van der Waals surface area (Å²) in [7, 11) is 0. The van der Waals surface area contributed by atoms with Crippen LogP contribution in [-0.2, 0) is 0 Å². The molecule has 0 unspecified atom stereocenters. The summed E-state index contributed by atoms with van der Waals surface area (Å²) < 4.78 is 5.25. The number of hydrogen-bond donors (Lipinski definition) is 0. The van der Waals surface area contributed by atoms with E-state index in [2.05, 4.69) is 13.2 Å². The molecule has 0 N–H and O–H groups in total. The van der Waals surface area contributed by atoms with Crippen molar-refractivity contribution in [2.45, 2.75) is 6.92 Å². The fourth-order valence-electron chi connectivity index (χ4n) is 2.26. The molecule has 1 amide bonds. The van der Waals surface area contributed by atoms with Crippen molar-refractivity contribution in [3.63, 3.8) is 0 Å². The minimum atomic E-state index is -0.616. The van der Waals surface area contributed by atoms with Crippen LogP contribution < -0.4 is 5.63 Å². The molecule has 0 atom stereocenters. The number of amides is 1. The molecule has 0 saturated carbocycles. The van der Waals surface area contributed by atoms with Gasteiger partial charge in [-0.1, -0.05) is 30.4 Å². The van der Waals surface area contributed by atoms with E-state index in [1.54, 1.807) is 31.2 Å². The number of nitrogens with zero attached hydrogens (tertiary/aromatic N) is 1. The number of fused-ring (bicyclic) bond motifs is 1. The Hall–Kier alpha value is -2.62. The summed E-state index contributed by atoms with van der Waals surface area (Å²) in [6, 6.07) is 7.17. The van der Waals surface area contributed by atoms with Gasteiger partial charge in [-0.2, -0.15) is 0 Å². The third kappa shape index (κ3) is 2.79. The lowest BCUT2D eigenvalue weighted by atomic mass is 10.1. The SMILES string of the molecule is C=CCN(CC=C)C(=O)c1c(C)c2ccccc2oc1=O. The largest absolute Gasteiger partial charge is 0.422 e. The van der Waals surface area contributed by atoms with Crippen LogP contribution in [0.3, 0.4) is 0 Å². The Morgan fingerprint density at radius 1 is 1.24 bits per heavy atom. The number of aryl methyl sites for hydroxylation is 1. The maximum Gasteiger partial charge on any atom is 0.349 e. The fourth-order valence-corrected chi connectivity index (χ4v) is 2.26. The van der Waals surface area contributed by atoms with Crippen LogP contribution in [0.25, 0.3) is 11.0 Å². The highest BCUT2D eigenvalue weighted by Crippen LogP contribution is 2.19. The maximum absolute atomic E-state index is 12.6. The van der Waals surface area contributed by atoms with Gasteiger partial charge >= 0.3 is 5.63 Å². The number of benzene rings is 1. The first-order valence-electron chi connectivity index (χ1n) is 6.63. The van der Waals surface area contributed by atoms with Crippen molar-refractivity contribution in [2.75, 3.05) is 13.1 Å². The van der Waals surface area contributed by atoms with E-state index in [1.165, 1.54) is 4.90 Å². The number of rotatable bonds is 5. The quantitative estimate of drug-likeness (QED) is 0.626. The molecule has 0 bridgehead atoms. The van der Waals surface area contributed by atoms with Crippen LogP contribution in [0.2, 0.25) is 0 Å². The summed E-state index contributed by atoms with van der Waals surface area (Å²) in [6.45, 7) is 9.69. The van der Waals surface area contributed by atoms with Crippen LogP contribution in [-0.4, -0.2) is 23.9 Å². The Balaban J connectivity index is 2.59. The van der Waals surface area contributed by atoms with Crippen molar-refractivity contribution in [2.24, 2.45) is 0 Å². The average Bonchev–Trinajstić information content (AvgIpc) is 2.47. The van der Waals surface area contributed by atoms with E-state index in [0.717, 1.165) is 5.39 Å². The molecule has 0 radical (unpaired) electrons. The zero-order valence-electron chi connectivity index (χ0n) is 12.0. The Morgan fingerprint density at radius 2 is 1.86 bits per heavy atom. The molecule has 2 aromatic rings. The van der Waals surface area contributed by atoms with Gasteiger partial charge in [-0.3, -0.25) is 4.79 Å². The molecule has 2 rings (SSSR count). The van der Waals surface area contributed by atoms with E-state index in [9.17, 15) is 9.59 Å². The molecule has 0 aliphatic rings. The summed E-state index contributed by atoms with van der Waals surface area (Å²) in [6.07, 6.45) is 3.22. The number of carbonyl (C=O) groups is 1. The van der Waals surface area contributed by atoms with E-state index in [4.69, 9.17) is 4.42 Å². The van der Waals surface area contributed by atoms with Crippen LogP contribution in [0, 0.1) is 6.92 Å². The third-order valence-electron chi connectivity index (χ3n) is 3.27. The highest BCUT2D eigenvalue weighted by atomic mass is 16.4. The molecular weight excluding hydrogens is 266 g/mol. The van der Waals surface area contributed by atoms with Gasteiger partial charge in [0.1, 0.15) is 11.1 Å². The molecule has 4 nitrogen and oxygen atoms in total. The molecule has 0 fully saturated rings. The van der Waals surface area contributed by atoms with Crippen LogP contribution in [0.1, 0.15) is 15.9 Å². The van der Waals surface area contributed by atoms with Crippen molar-refractivity contribution < 1.29 is 9.21 Å². The van der Waals surface area contributed by atoms with E-state index in [0.29, 0.717) is 24.2 Å². The lowest BCUT2D eigenvalue weighted by Crippen LogP contribution is -2.35. The summed E-state index contributed by atoms with van der Waals surface area (Å²) >= 11 is 0. The van der Waals surface area contributed by atoms with Gasteiger partial charge < -0.3 is 9.32 Å². The lowest BCUT2D eigenvalue weighted by molar-refractivity contribution is 0.0786. The Morgan fingerprint density at radius 3 is 2.48 bits per heavy atom. The van der Waals surface area contributed by atoms with Crippen molar-refractivity contribution in [1.82, 2.24) is 4.90 Å². The summed E-state index contributed by atoms with van der Waals surface area (Å²) in [5, 5.41) is 0.762. The van der Waals surface area contributed by atoms with E-state index >= 15 is 0 Å². The lowest BCUT2D eigenvalue weighted by Gasteiger charge is -2.19. The van der Waals surface area contributed by atoms with Crippen molar-refractivity contribution in [1.29, 1.82) is 0 Å². The smallest absolute Gasteiger partial charge is 0.349 e. The van der Waals surface area contributed by atoms with E-state index in [1.807, 2.05) is 12.1 Å². The molecular formula is C17H17NO3. The number of carbonyl (C=O) groups excluding carboxylic acids is 1. The summed E-state index contributed by atoms with van der Waals surface area (Å²) in [4.78, 5) is 26.2. The second-order valence-electron chi connectivity index (χ2n) is 4.67. The predicted molar refractivity (Wildman–Crippen MR) is 83.5 cm³/mol. The van der Waals surface area contributed by atoms with Crippen molar-refractivity contribution in [3.05, 3.63) is 71.1 Å². The Kier molecular flexibility index (Phi) is 4.38. The molecule has 0 saturated heterocycles. The first-order chi connectivity index (χ1) is 10.1. The molecule has 1 aromatic carbocycles. The van der Waals surface area contributed by atoms with Crippen LogP contribution in [0.4, 0.5) is 0 Å². The topological polar surface area (TPSA) is 50.5 Å². The molecule has 1 heterocycles. The van der Waals surface area contributed by atoms with Crippen molar-refractivity contribution in [3.8, 4) is 0 Å². The van der Waals surface area contributed by atoms with Gasteiger partial charge in [0.15, 0.2) is 0 Å². The molecule has 0 spiro atoms. The normalized spacial score (nSPS) is 10.3. The van der Waals surface area contributed by atoms with E-state index in [-0.39, 0.29) is 11.5 Å². The van der Waals surface area contributed by atoms with Crippen LogP contribution >= 0.6 is 0 Å². The first kappa shape index (κ1) is 14.8. The molecule has 21 heavy (non-hydrogen) atoms. The standard InChI is InChI=1S/C17H17NO3/c1-4-10-18(11-5-2)16(19)15-12(3)13-8-6-7-9-14(13)21-17(15)20/h4-9H,1-2,10-11H2,3H3. The second-order valence-corrected chi connectivity index (χ2v) is 4.67. The van der Waals surface area contributed by atoms with Gasteiger partial charge in [0, 0.05) is 18.5 Å². The Labute approximate surface area is 123 Å². The average molecular weight is 283 g/mol. The molecule has 0 aliphatic carbocycles. The highest BCUT2D eigenvalue weighted by molar-refractivity contribution is 5.99. The van der Waals surface area contributed by atoms with Gasteiger partial charge in [0.2, 0.25) is 0 Å².